The molecule has 2 atom stereocenters. The number of urea groups is 1. The molecular formula is C22H18Br2N2O. The molecule has 4 rings (SSSR count). The van der Waals surface area contributed by atoms with Gasteiger partial charge in [0, 0.05) is 20.3 Å². The average molecular weight is 486 g/mol. The molecule has 1 aliphatic heterocycles. The Balaban J connectivity index is 1.82. The van der Waals surface area contributed by atoms with Gasteiger partial charge in [-0.15, -0.1) is 0 Å². The van der Waals surface area contributed by atoms with Crippen LogP contribution in [0.15, 0.2) is 87.8 Å². The van der Waals surface area contributed by atoms with E-state index in [1.54, 1.807) is 0 Å². The molecule has 0 saturated carbocycles. The first-order chi connectivity index (χ1) is 13.1. The molecule has 0 aliphatic carbocycles. The van der Waals surface area contributed by atoms with Crippen molar-refractivity contribution in [2.24, 2.45) is 0 Å². The van der Waals surface area contributed by atoms with Crippen molar-refractivity contribution in [3.8, 4) is 0 Å². The summed E-state index contributed by atoms with van der Waals surface area (Å²) in [6, 6.07) is 25.9. The van der Waals surface area contributed by atoms with Gasteiger partial charge in [0.15, 0.2) is 0 Å². The topological polar surface area (TPSA) is 23.6 Å². The fraction of sp³-hybridized carbons (Fsp3) is 0.136. The Hall–Kier alpha value is -2.11. The fourth-order valence-corrected chi connectivity index (χ4v) is 4.19. The van der Waals surface area contributed by atoms with Gasteiger partial charge in [-0.3, -0.25) is 9.80 Å². The highest BCUT2D eigenvalue weighted by Gasteiger charge is 2.45. The maximum atomic E-state index is 13.5. The van der Waals surface area contributed by atoms with E-state index >= 15 is 0 Å². The van der Waals surface area contributed by atoms with Crippen LogP contribution in [-0.4, -0.2) is 12.1 Å². The van der Waals surface area contributed by atoms with Gasteiger partial charge in [0.1, 0.15) is 0 Å². The van der Waals surface area contributed by atoms with Crippen molar-refractivity contribution in [1.29, 1.82) is 0 Å². The standard InChI is InChI=1S/C22H18Br2N2O/c1-15-21(16-5-3-2-4-6-16)26(20-13-9-18(24)10-14-20)22(27)25(15)19-11-7-17(23)8-12-19/h2-15,21H,1H3/t15-,21-/m1/s1. The molecule has 0 radical (unpaired) electrons. The van der Waals surface area contributed by atoms with Crippen molar-refractivity contribution in [2.45, 2.75) is 19.0 Å². The van der Waals surface area contributed by atoms with E-state index in [0.717, 1.165) is 25.9 Å². The first-order valence-corrected chi connectivity index (χ1v) is 10.3. The van der Waals surface area contributed by atoms with Crippen LogP contribution < -0.4 is 9.80 Å². The average Bonchev–Trinajstić information content (AvgIpc) is 2.94. The molecule has 0 N–H and O–H groups in total. The van der Waals surface area contributed by atoms with Crippen LogP contribution in [0.25, 0.3) is 0 Å². The van der Waals surface area contributed by atoms with Gasteiger partial charge in [0.25, 0.3) is 0 Å². The Morgan fingerprint density at radius 1 is 0.704 bits per heavy atom. The van der Waals surface area contributed by atoms with Crippen molar-refractivity contribution in [3.63, 3.8) is 0 Å². The number of hydrogen-bond donors (Lipinski definition) is 0. The van der Waals surface area contributed by atoms with Crippen LogP contribution in [0.4, 0.5) is 16.2 Å². The monoisotopic (exact) mass is 484 g/mol. The number of carbonyl (C=O) groups is 1. The van der Waals surface area contributed by atoms with Crippen LogP contribution in [0.1, 0.15) is 18.5 Å². The first-order valence-electron chi connectivity index (χ1n) is 8.75. The Bertz CT molecular complexity index is 942. The van der Waals surface area contributed by atoms with Crippen LogP contribution in [-0.2, 0) is 0 Å². The number of nitrogens with zero attached hydrogens (tertiary/aromatic N) is 2. The summed E-state index contributed by atoms with van der Waals surface area (Å²) in [6.07, 6.45) is 0. The molecule has 136 valence electrons. The Morgan fingerprint density at radius 2 is 1.19 bits per heavy atom. The van der Waals surface area contributed by atoms with Crippen LogP contribution >= 0.6 is 31.9 Å². The summed E-state index contributed by atoms with van der Waals surface area (Å²) in [7, 11) is 0. The molecule has 1 heterocycles. The van der Waals surface area contributed by atoms with Gasteiger partial charge in [-0.05, 0) is 61.0 Å². The highest BCUT2D eigenvalue weighted by atomic mass is 79.9. The number of amides is 2. The molecule has 3 nitrogen and oxygen atoms in total. The van der Waals surface area contributed by atoms with Crippen molar-refractivity contribution in [3.05, 3.63) is 93.4 Å². The van der Waals surface area contributed by atoms with Crippen LogP contribution in [0.2, 0.25) is 0 Å². The maximum Gasteiger partial charge on any atom is 0.329 e. The van der Waals surface area contributed by atoms with E-state index in [1.807, 2.05) is 76.5 Å². The molecule has 1 saturated heterocycles. The summed E-state index contributed by atoms with van der Waals surface area (Å²) in [5, 5.41) is 0. The third kappa shape index (κ3) is 3.42. The summed E-state index contributed by atoms with van der Waals surface area (Å²) >= 11 is 6.95. The van der Waals surface area contributed by atoms with E-state index in [9.17, 15) is 4.79 Å². The summed E-state index contributed by atoms with van der Waals surface area (Å²) in [4.78, 5) is 17.3. The second-order valence-corrected chi connectivity index (χ2v) is 8.40. The van der Waals surface area contributed by atoms with Crippen molar-refractivity contribution >= 4 is 49.3 Å². The largest absolute Gasteiger partial charge is 0.329 e. The van der Waals surface area contributed by atoms with Gasteiger partial charge in [-0.1, -0.05) is 62.2 Å². The third-order valence-corrected chi connectivity index (χ3v) is 5.96. The maximum absolute atomic E-state index is 13.5. The smallest absolute Gasteiger partial charge is 0.289 e. The van der Waals surface area contributed by atoms with Gasteiger partial charge in [-0.25, -0.2) is 4.79 Å². The molecular weight excluding hydrogens is 468 g/mol. The number of carbonyl (C=O) groups excluding carboxylic acids is 1. The van der Waals surface area contributed by atoms with Gasteiger partial charge < -0.3 is 0 Å². The molecule has 0 spiro atoms. The number of halogens is 2. The Labute approximate surface area is 175 Å². The first kappa shape index (κ1) is 18.3. The quantitative estimate of drug-likeness (QED) is 0.400. The summed E-state index contributed by atoms with van der Waals surface area (Å²) in [5.74, 6) is 0. The molecule has 2 amide bonds. The minimum absolute atomic E-state index is 0.00952. The second kappa shape index (κ2) is 7.49. The molecule has 0 unspecified atom stereocenters. The lowest BCUT2D eigenvalue weighted by molar-refractivity contribution is 0.255. The zero-order valence-electron chi connectivity index (χ0n) is 14.7. The van der Waals surface area contributed by atoms with E-state index in [-0.39, 0.29) is 18.1 Å². The lowest BCUT2D eigenvalue weighted by atomic mass is 9.99. The van der Waals surface area contributed by atoms with E-state index < -0.39 is 0 Å². The zero-order chi connectivity index (χ0) is 19.0. The molecule has 1 fully saturated rings. The number of rotatable bonds is 3. The minimum Gasteiger partial charge on any atom is -0.289 e. The highest BCUT2D eigenvalue weighted by molar-refractivity contribution is 9.10. The SMILES string of the molecule is C[C@@H]1[C@H](c2ccccc2)N(c2ccc(Br)cc2)C(=O)N1c1ccc(Br)cc1. The molecule has 3 aromatic rings. The second-order valence-electron chi connectivity index (χ2n) is 6.57. The van der Waals surface area contributed by atoms with Crippen molar-refractivity contribution < 1.29 is 4.79 Å². The van der Waals surface area contributed by atoms with Gasteiger partial charge >= 0.3 is 6.03 Å². The Kier molecular flexibility index (Phi) is 5.06. The highest BCUT2D eigenvalue weighted by Crippen LogP contribution is 2.41. The predicted octanol–water partition coefficient (Wildman–Crippen LogP) is 6.79. The van der Waals surface area contributed by atoms with Crippen LogP contribution in [0, 0.1) is 0 Å². The number of benzene rings is 3. The van der Waals surface area contributed by atoms with Gasteiger partial charge in [0.05, 0.1) is 12.1 Å². The van der Waals surface area contributed by atoms with E-state index in [2.05, 4.69) is 50.9 Å². The summed E-state index contributed by atoms with van der Waals surface area (Å²) in [6.45, 7) is 2.11. The van der Waals surface area contributed by atoms with Gasteiger partial charge in [-0.2, -0.15) is 0 Å². The summed E-state index contributed by atoms with van der Waals surface area (Å²) in [5.41, 5.74) is 2.92. The molecule has 5 heteroatoms. The van der Waals surface area contributed by atoms with E-state index in [1.165, 1.54) is 0 Å². The van der Waals surface area contributed by atoms with Crippen LogP contribution in [0.5, 0.6) is 0 Å². The third-order valence-electron chi connectivity index (χ3n) is 4.91. The minimum atomic E-state index is -0.0662. The lowest BCUT2D eigenvalue weighted by Gasteiger charge is -2.26. The molecule has 27 heavy (non-hydrogen) atoms. The summed E-state index contributed by atoms with van der Waals surface area (Å²) < 4.78 is 1.99. The molecule has 1 aliphatic rings. The molecule has 0 aromatic heterocycles. The molecule has 0 bridgehead atoms. The normalized spacial score (nSPS) is 19.6. The van der Waals surface area contributed by atoms with Crippen LogP contribution in [0.3, 0.4) is 0 Å². The lowest BCUT2D eigenvalue weighted by Crippen LogP contribution is -2.33. The Morgan fingerprint density at radius 3 is 1.70 bits per heavy atom. The van der Waals surface area contributed by atoms with Crippen molar-refractivity contribution in [2.75, 3.05) is 9.80 Å². The molecule has 3 aromatic carbocycles. The predicted molar refractivity (Wildman–Crippen MR) is 117 cm³/mol. The fourth-order valence-electron chi connectivity index (χ4n) is 3.66. The number of anilines is 2. The van der Waals surface area contributed by atoms with Gasteiger partial charge in [0.2, 0.25) is 0 Å². The number of hydrogen-bond acceptors (Lipinski definition) is 1. The van der Waals surface area contributed by atoms with Crippen molar-refractivity contribution in [1.82, 2.24) is 0 Å². The van der Waals surface area contributed by atoms with E-state index in [4.69, 9.17) is 0 Å². The van der Waals surface area contributed by atoms with E-state index in [0.29, 0.717) is 0 Å². The zero-order valence-corrected chi connectivity index (χ0v) is 17.9.